The predicted molar refractivity (Wildman–Crippen MR) is 74.7 cm³/mol. The zero-order valence-electron chi connectivity index (χ0n) is 12.0. The molecule has 1 aromatic carbocycles. The number of alkyl halides is 3. The fourth-order valence-corrected chi connectivity index (χ4v) is 3.19. The number of rotatable bonds is 1. The summed E-state index contributed by atoms with van der Waals surface area (Å²) in [5.74, 6) is -2.90. The van der Waals surface area contributed by atoms with Crippen molar-refractivity contribution in [3.8, 4) is 5.75 Å². The second-order valence-corrected chi connectivity index (χ2v) is 5.75. The third-order valence-corrected chi connectivity index (χ3v) is 4.36. The Morgan fingerprint density at radius 3 is 2.65 bits per heavy atom. The number of benzene rings is 1. The van der Waals surface area contributed by atoms with E-state index in [9.17, 15) is 28.2 Å². The van der Waals surface area contributed by atoms with Crippen LogP contribution in [0.25, 0.3) is 0 Å². The molecule has 2 atom stereocenters. The lowest BCUT2D eigenvalue weighted by atomic mass is 9.80. The van der Waals surface area contributed by atoms with Gasteiger partial charge in [-0.2, -0.15) is 23.3 Å². The third kappa shape index (κ3) is 2.28. The van der Waals surface area contributed by atoms with E-state index in [0.29, 0.717) is 19.3 Å². The topological polar surface area (TPSA) is 73.1 Å². The van der Waals surface area contributed by atoms with Gasteiger partial charge in [0.25, 0.3) is 11.6 Å². The van der Waals surface area contributed by atoms with Crippen LogP contribution in [0.2, 0.25) is 0 Å². The summed E-state index contributed by atoms with van der Waals surface area (Å²) < 4.78 is 40.7. The quantitative estimate of drug-likeness (QED) is 0.832. The molecular formula is C15H15F3N2O3. The largest absolute Gasteiger partial charge is 0.507 e. The minimum Gasteiger partial charge on any atom is -0.507 e. The first-order valence-electron chi connectivity index (χ1n) is 7.26. The monoisotopic (exact) mass is 328 g/mol. The minimum absolute atomic E-state index is 0.0906. The predicted octanol–water partition coefficient (Wildman–Crippen LogP) is 2.65. The van der Waals surface area contributed by atoms with Crippen molar-refractivity contribution in [2.75, 3.05) is 0 Å². The van der Waals surface area contributed by atoms with Crippen LogP contribution in [-0.2, 0) is 0 Å². The number of fused-ring (bicyclic) bond motifs is 1. The number of halogens is 3. The molecule has 124 valence electrons. The Morgan fingerprint density at radius 2 is 2.00 bits per heavy atom. The first kappa shape index (κ1) is 15.8. The van der Waals surface area contributed by atoms with Gasteiger partial charge in [0.2, 0.25) is 0 Å². The fraction of sp³-hybridized carbons (Fsp3) is 0.467. The van der Waals surface area contributed by atoms with E-state index < -0.39 is 29.5 Å². The van der Waals surface area contributed by atoms with Crippen molar-refractivity contribution in [2.45, 2.75) is 37.6 Å². The lowest BCUT2D eigenvalue weighted by molar-refractivity contribution is -0.312. The molecule has 1 heterocycles. The van der Waals surface area contributed by atoms with Crippen LogP contribution >= 0.6 is 0 Å². The van der Waals surface area contributed by atoms with E-state index in [1.54, 1.807) is 0 Å². The van der Waals surface area contributed by atoms with Crippen LogP contribution in [0.3, 0.4) is 0 Å². The highest BCUT2D eigenvalue weighted by atomic mass is 19.4. The van der Waals surface area contributed by atoms with E-state index in [2.05, 4.69) is 5.10 Å². The Hall–Kier alpha value is -2.09. The molecule has 3 rings (SSSR count). The number of hydrogen-bond donors (Lipinski definition) is 2. The average Bonchev–Trinajstić information content (AvgIpc) is 2.82. The Labute approximate surface area is 130 Å². The molecule has 0 spiro atoms. The SMILES string of the molecule is O=C(c1ccccc1O)N1N=C2CCCCC2C1(O)C(F)(F)F. The Balaban J connectivity index is 2.07. The summed E-state index contributed by atoms with van der Waals surface area (Å²) in [5.41, 5.74) is -3.53. The third-order valence-electron chi connectivity index (χ3n) is 4.36. The summed E-state index contributed by atoms with van der Waals surface area (Å²) in [4.78, 5) is 12.5. The molecule has 1 aromatic rings. The molecule has 8 heteroatoms. The first-order chi connectivity index (χ1) is 10.8. The summed E-state index contributed by atoms with van der Waals surface area (Å²) in [6.07, 6.45) is -3.43. The van der Waals surface area contributed by atoms with Gasteiger partial charge in [0.15, 0.2) is 0 Å². The van der Waals surface area contributed by atoms with Gasteiger partial charge in [0, 0.05) is 5.71 Å². The lowest BCUT2D eigenvalue weighted by Crippen LogP contribution is -2.61. The first-order valence-corrected chi connectivity index (χ1v) is 7.26. The van der Waals surface area contributed by atoms with Gasteiger partial charge in [-0.05, 0) is 31.4 Å². The number of nitrogens with zero attached hydrogens (tertiary/aromatic N) is 2. The van der Waals surface area contributed by atoms with Gasteiger partial charge < -0.3 is 10.2 Å². The lowest BCUT2D eigenvalue weighted by Gasteiger charge is -2.38. The maximum atomic E-state index is 13.6. The number of amides is 1. The number of hydrazone groups is 1. The van der Waals surface area contributed by atoms with Crippen LogP contribution in [0.1, 0.15) is 36.0 Å². The van der Waals surface area contributed by atoms with Crippen LogP contribution in [0, 0.1) is 5.92 Å². The van der Waals surface area contributed by atoms with Gasteiger partial charge in [0.05, 0.1) is 11.5 Å². The molecule has 23 heavy (non-hydrogen) atoms. The molecule has 2 aliphatic rings. The van der Waals surface area contributed by atoms with Gasteiger partial charge in [-0.3, -0.25) is 4.79 Å². The molecule has 0 bridgehead atoms. The van der Waals surface area contributed by atoms with Crippen molar-refractivity contribution in [1.82, 2.24) is 5.01 Å². The Morgan fingerprint density at radius 1 is 1.30 bits per heavy atom. The number of aromatic hydroxyl groups is 1. The number of hydrogen-bond acceptors (Lipinski definition) is 4. The van der Waals surface area contributed by atoms with Crippen LogP contribution in [0.4, 0.5) is 13.2 Å². The number of phenols is 1. The molecule has 2 unspecified atom stereocenters. The zero-order valence-corrected chi connectivity index (χ0v) is 12.0. The Bertz CT molecular complexity index is 674. The molecular weight excluding hydrogens is 313 g/mol. The van der Waals surface area contributed by atoms with Crippen molar-refractivity contribution in [1.29, 1.82) is 0 Å². The van der Waals surface area contributed by atoms with Crippen molar-refractivity contribution in [3.05, 3.63) is 29.8 Å². The fourth-order valence-electron chi connectivity index (χ4n) is 3.19. The molecule has 0 saturated heterocycles. The highest BCUT2D eigenvalue weighted by Gasteiger charge is 2.68. The smallest absolute Gasteiger partial charge is 0.439 e. The van der Waals surface area contributed by atoms with Crippen molar-refractivity contribution < 1.29 is 28.2 Å². The highest BCUT2D eigenvalue weighted by Crippen LogP contribution is 2.48. The minimum atomic E-state index is -5.06. The maximum Gasteiger partial charge on any atom is 0.439 e. The van der Waals surface area contributed by atoms with E-state index in [4.69, 9.17) is 0 Å². The standard InChI is InChI=1S/C15H15F3N2O3/c16-15(17,18)14(23)10-6-2-3-7-11(10)19-20(14)13(22)9-5-1-4-8-12(9)21/h1,4-5,8,10,21,23H,2-3,6-7H2. The summed E-state index contributed by atoms with van der Waals surface area (Å²) in [5, 5.41) is 24.0. The normalized spacial score (nSPS) is 27.6. The van der Waals surface area contributed by atoms with Crippen LogP contribution in [0.5, 0.6) is 5.75 Å². The zero-order chi connectivity index (χ0) is 16.8. The van der Waals surface area contributed by atoms with E-state index >= 15 is 0 Å². The molecule has 1 fully saturated rings. The van der Waals surface area contributed by atoms with Crippen molar-refractivity contribution in [2.24, 2.45) is 11.0 Å². The molecule has 0 aromatic heterocycles. The van der Waals surface area contributed by atoms with Crippen LogP contribution in [0.15, 0.2) is 29.4 Å². The van der Waals surface area contributed by atoms with E-state index in [0.717, 1.165) is 0 Å². The molecule has 2 N–H and O–H groups in total. The number of phenolic OH excluding ortho intramolecular Hbond substituents is 1. The van der Waals surface area contributed by atoms with Gasteiger partial charge in [-0.1, -0.05) is 18.6 Å². The van der Waals surface area contributed by atoms with Crippen LogP contribution in [-0.4, -0.2) is 38.7 Å². The molecule has 1 aliphatic carbocycles. The highest BCUT2D eigenvalue weighted by molar-refractivity contribution is 6.01. The second kappa shape index (κ2) is 5.23. The second-order valence-electron chi connectivity index (χ2n) is 5.75. The van der Waals surface area contributed by atoms with Gasteiger partial charge in [-0.15, -0.1) is 0 Å². The summed E-state index contributed by atoms with van der Waals surface area (Å²) in [7, 11) is 0. The van der Waals surface area contributed by atoms with Gasteiger partial charge in [0.1, 0.15) is 5.75 Å². The van der Waals surface area contributed by atoms with Crippen LogP contribution < -0.4 is 0 Å². The average molecular weight is 328 g/mol. The number of carbonyl (C=O) groups is 1. The summed E-state index contributed by atoms with van der Waals surface area (Å²) in [6, 6.07) is 5.24. The van der Waals surface area contributed by atoms with Crippen molar-refractivity contribution >= 4 is 11.6 Å². The molecule has 1 amide bonds. The summed E-state index contributed by atoms with van der Waals surface area (Å²) in [6.45, 7) is 0. The molecule has 1 saturated carbocycles. The number of para-hydroxylation sites is 1. The number of carbonyl (C=O) groups excluding carboxylic acids is 1. The molecule has 1 aliphatic heterocycles. The van der Waals surface area contributed by atoms with E-state index in [1.807, 2.05) is 0 Å². The van der Waals surface area contributed by atoms with E-state index in [-0.39, 0.29) is 22.7 Å². The Kier molecular flexibility index (Phi) is 3.59. The molecule has 5 nitrogen and oxygen atoms in total. The van der Waals surface area contributed by atoms with Gasteiger partial charge >= 0.3 is 6.18 Å². The number of aliphatic hydroxyl groups is 1. The van der Waals surface area contributed by atoms with Crippen molar-refractivity contribution in [3.63, 3.8) is 0 Å². The summed E-state index contributed by atoms with van der Waals surface area (Å²) >= 11 is 0. The van der Waals surface area contributed by atoms with Gasteiger partial charge in [-0.25, -0.2) is 0 Å². The maximum absolute atomic E-state index is 13.6. The molecule has 0 radical (unpaired) electrons. The van der Waals surface area contributed by atoms with E-state index in [1.165, 1.54) is 24.3 Å².